The normalized spacial score (nSPS) is 22.6. The molecule has 2 heterocycles. The van der Waals surface area contributed by atoms with Crippen molar-refractivity contribution in [2.24, 2.45) is 5.92 Å². The SMILES string of the molecule is Cc1ccc(C(NC(=O)CN2C(=O)NC(C)(c3ccc4c(c3)OCO4)C2=O)C2CC2)cc1. The van der Waals surface area contributed by atoms with E-state index in [1.165, 1.54) is 0 Å². The zero-order valence-electron chi connectivity index (χ0n) is 18.0. The number of rotatable bonds is 6. The van der Waals surface area contributed by atoms with E-state index in [2.05, 4.69) is 10.6 Å². The second-order valence-corrected chi connectivity index (χ2v) is 8.81. The average molecular weight is 435 g/mol. The summed E-state index contributed by atoms with van der Waals surface area (Å²) < 4.78 is 10.7. The number of aryl methyl sites for hydroxylation is 1. The third-order valence-electron chi connectivity index (χ3n) is 6.37. The van der Waals surface area contributed by atoms with Crippen molar-refractivity contribution in [3.05, 3.63) is 59.2 Å². The topological polar surface area (TPSA) is 97.0 Å². The number of hydrogen-bond donors (Lipinski definition) is 2. The molecule has 2 aromatic rings. The lowest BCUT2D eigenvalue weighted by Crippen LogP contribution is -2.44. The van der Waals surface area contributed by atoms with Crippen LogP contribution in [0.4, 0.5) is 4.79 Å². The number of carbonyl (C=O) groups is 3. The van der Waals surface area contributed by atoms with E-state index in [0.29, 0.717) is 23.0 Å². The maximum absolute atomic E-state index is 13.2. The minimum absolute atomic E-state index is 0.116. The molecule has 5 rings (SSSR count). The van der Waals surface area contributed by atoms with E-state index < -0.39 is 17.5 Å². The second kappa shape index (κ2) is 7.55. The molecule has 0 aromatic heterocycles. The zero-order chi connectivity index (χ0) is 22.5. The van der Waals surface area contributed by atoms with Gasteiger partial charge in [0.2, 0.25) is 12.7 Å². The number of nitrogens with zero attached hydrogens (tertiary/aromatic N) is 1. The zero-order valence-corrected chi connectivity index (χ0v) is 18.0. The standard InChI is InChI=1S/C24H25N3O5/c1-14-3-5-15(6-4-14)21(16-7-8-16)25-20(28)12-27-22(29)24(2,26-23(27)30)17-9-10-18-19(11-17)32-13-31-18/h3-6,9-11,16,21H,7-8,12-13H2,1-2H3,(H,25,28)(H,26,30). The molecule has 2 aliphatic heterocycles. The molecule has 1 saturated heterocycles. The highest BCUT2D eigenvalue weighted by molar-refractivity contribution is 6.09. The summed E-state index contributed by atoms with van der Waals surface area (Å²) in [6.07, 6.45) is 2.09. The Labute approximate surface area is 185 Å². The lowest BCUT2D eigenvalue weighted by Gasteiger charge is -2.23. The largest absolute Gasteiger partial charge is 0.454 e. The lowest BCUT2D eigenvalue weighted by atomic mass is 9.91. The van der Waals surface area contributed by atoms with E-state index in [4.69, 9.17) is 9.47 Å². The Morgan fingerprint density at radius 1 is 1.16 bits per heavy atom. The first kappa shape index (κ1) is 20.4. The first-order chi connectivity index (χ1) is 15.3. The number of nitrogens with one attached hydrogen (secondary N) is 2. The number of urea groups is 1. The van der Waals surface area contributed by atoms with E-state index in [1.54, 1.807) is 25.1 Å². The molecule has 4 amide bonds. The number of amides is 4. The summed E-state index contributed by atoms with van der Waals surface area (Å²) in [5.74, 6) is 0.652. The Bertz CT molecular complexity index is 1100. The fourth-order valence-electron chi connectivity index (χ4n) is 4.28. The number of fused-ring (bicyclic) bond motifs is 1. The highest BCUT2D eigenvalue weighted by Gasteiger charge is 2.50. The highest BCUT2D eigenvalue weighted by Crippen LogP contribution is 2.41. The molecule has 2 unspecified atom stereocenters. The van der Waals surface area contributed by atoms with Crippen molar-refractivity contribution in [3.8, 4) is 11.5 Å². The van der Waals surface area contributed by atoms with Crippen LogP contribution in [0.2, 0.25) is 0 Å². The summed E-state index contributed by atoms with van der Waals surface area (Å²) in [6, 6.07) is 12.5. The van der Waals surface area contributed by atoms with E-state index >= 15 is 0 Å². The molecule has 32 heavy (non-hydrogen) atoms. The molecule has 1 aliphatic carbocycles. The molecular weight excluding hydrogens is 410 g/mol. The molecule has 3 aliphatic rings. The number of imide groups is 1. The van der Waals surface area contributed by atoms with Crippen molar-refractivity contribution >= 4 is 17.8 Å². The molecule has 0 spiro atoms. The van der Waals surface area contributed by atoms with Crippen molar-refractivity contribution in [3.63, 3.8) is 0 Å². The van der Waals surface area contributed by atoms with E-state index in [0.717, 1.165) is 28.9 Å². The third-order valence-corrected chi connectivity index (χ3v) is 6.37. The van der Waals surface area contributed by atoms with Gasteiger partial charge in [0.15, 0.2) is 11.5 Å². The van der Waals surface area contributed by atoms with Gasteiger partial charge in [-0.15, -0.1) is 0 Å². The molecule has 8 nitrogen and oxygen atoms in total. The fourth-order valence-corrected chi connectivity index (χ4v) is 4.28. The third kappa shape index (κ3) is 3.55. The van der Waals surface area contributed by atoms with Crippen LogP contribution in [-0.4, -0.2) is 36.1 Å². The average Bonchev–Trinajstić information content (AvgIpc) is 3.46. The predicted molar refractivity (Wildman–Crippen MR) is 115 cm³/mol. The van der Waals surface area contributed by atoms with Crippen molar-refractivity contribution in [1.29, 1.82) is 0 Å². The van der Waals surface area contributed by atoms with Crippen LogP contribution in [-0.2, 0) is 15.1 Å². The van der Waals surface area contributed by atoms with Crippen molar-refractivity contribution in [2.75, 3.05) is 13.3 Å². The molecular formula is C24H25N3O5. The first-order valence-corrected chi connectivity index (χ1v) is 10.8. The Morgan fingerprint density at radius 2 is 1.88 bits per heavy atom. The van der Waals surface area contributed by atoms with Crippen LogP contribution in [0.3, 0.4) is 0 Å². The van der Waals surface area contributed by atoms with Crippen molar-refractivity contribution < 1.29 is 23.9 Å². The molecule has 166 valence electrons. The molecule has 2 atom stereocenters. The van der Waals surface area contributed by atoms with Crippen LogP contribution in [0.25, 0.3) is 0 Å². The van der Waals surface area contributed by atoms with Gasteiger partial charge in [-0.1, -0.05) is 35.9 Å². The van der Waals surface area contributed by atoms with Crippen LogP contribution >= 0.6 is 0 Å². The molecule has 0 bridgehead atoms. The summed E-state index contributed by atoms with van der Waals surface area (Å²) in [7, 11) is 0. The predicted octanol–water partition coefficient (Wildman–Crippen LogP) is 2.76. The van der Waals surface area contributed by atoms with Crippen LogP contribution in [0.5, 0.6) is 11.5 Å². The number of ether oxygens (including phenoxy) is 2. The van der Waals surface area contributed by atoms with Gasteiger partial charge >= 0.3 is 6.03 Å². The van der Waals surface area contributed by atoms with Crippen LogP contribution in [0.15, 0.2) is 42.5 Å². The van der Waals surface area contributed by atoms with Gasteiger partial charge in [-0.25, -0.2) is 4.79 Å². The van der Waals surface area contributed by atoms with Gasteiger partial charge in [0.25, 0.3) is 5.91 Å². The second-order valence-electron chi connectivity index (χ2n) is 8.81. The smallest absolute Gasteiger partial charge is 0.325 e. The number of carbonyl (C=O) groups excluding carboxylic acids is 3. The Hall–Kier alpha value is -3.55. The Balaban J connectivity index is 1.30. The van der Waals surface area contributed by atoms with Crippen LogP contribution in [0.1, 0.15) is 42.5 Å². The minimum Gasteiger partial charge on any atom is -0.454 e. The van der Waals surface area contributed by atoms with Crippen molar-refractivity contribution in [1.82, 2.24) is 15.5 Å². The van der Waals surface area contributed by atoms with Crippen LogP contribution < -0.4 is 20.1 Å². The number of hydrogen-bond acceptors (Lipinski definition) is 5. The van der Waals surface area contributed by atoms with Gasteiger partial charge in [-0.3, -0.25) is 14.5 Å². The lowest BCUT2D eigenvalue weighted by molar-refractivity contribution is -0.135. The summed E-state index contributed by atoms with van der Waals surface area (Å²) in [6.45, 7) is 3.43. The number of benzene rings is 2. The summed E-state index contributed by atoms with van der Waals surface area (Å²) in [5.41, 5.74) is 1.47. The van der Waals surface area contributed by atoms with Crippen molar-refractivity contribution in [2.45, 2.75) is 38.3 Å². The van der Waals surface area contributed by atoms with Crippen LogP contribution in [0, 0.1) is 12.8 Å². The summed E-state index contributed by atoms with van der Waals surface area (Å²) >= 11 is 0. The quantitative estimate of drug-likeness (QED) is 0.680. The molecule has 2 fully saturated rings. The maximum Gasteiger partial charge on any atom is 0.325 e. The Kier molecular flexibility index (Phi) is 4.80. The molecule has 1 saturated carbocycles. The monoisotopic (exact) mass is 435 g/mol. The van der Waals surface area contributed by atoms with Gasteiger partial charge in [-0.05, 0) is 55.9 Å². The van der Waals surface area contributed by atoms with Gasteiger partial charge in [0, 0.05) is 0 Å². The van der Waals surface area contributed by atoms with Gasteiger partial charge in [0.1, 0.15) is 12.1 Å². The molecule has 0 radical (unpaired) electrons. The summed E-state index contributed by atoms with van der Waals surface area (Å²) in [5, 5.41) is 5.76. The first-order valence-electron chi connectivity index (χ1n) is 10.8. The van der Waals surface area contributed by atoms with Gasteiger partial charge in [0.05, 0.1) is 6.04 Å². The molecule has 2 aromatic carbocycles. The fraction of sp³-hybridized carbons (Fsp3) is 0.375. The maximum atomic E-state index is 13.2. The molecule has 2 N–H and O–H groups in total. The van der Waals surface area contributed by atoms with E-state index in [-0.39, 0.29) is 25.3 Å². The molecule has 8 heteroatoms. The Morgan fingerprint density at radius 3 is 2.59 bits per heavy atom. The van der Waals surface area contributed by atoms with E-state index in [1.807, 2.05) is 31.2 Å². The minimum atomic E-state index is -1.29. The van der Waals surface area contributed by atoms with E-state index in [9.17, 15) is 14.4 Å². The summed E-state index contributed by atoms with van der Waals surface area (Å²) in [4.78, 5) is 39.7. The highest BCUT2D eigenvalue weighted by atomic mass is 16.7. The van der Waals surface area contributed by atoms with Gasteiger partial charge < -0.3 is 20.1 Å². The van der Waals surface area contributed by atoms with Gasteiger partial charge in [-0.2, -0.15) is 0 Å².